The zero-order chi connectivity index (χ0) is 24.2. The van der Waals surface area contributed by atoms with Gasteiger partial charge in [-0.1, -0.05) is 43.7 Å². The Morgan fingerprint density at radius 3 is 2.32 bits per heavy atom. The van der Waals surface area contributed by atoms with Crippen molar-refractivity contribution >= 4 is 33.7 Å². The highest BCUT2D eigenvalue weighted by Crippen LogP contribution is 2.33. The van der Waals surface area contributed by atoms with Crippen LogP contribution in [0.3, 0.4) is 0 Å². The second-order valence-electron chi connectivity index (χ2n) is 8.18. The van der Waals surface area contributed by atoms with Gasteiger partial charge in [0.1, 0.15) is 17.0 Å². The van der Waals surface area contributed by atoms with Crippen LogP contribution in [0.15, 0.2) is 54.6 Å². The van der Waals surface area contributed by atoms with Crippen LogP contribution in [0.4, 0.5) is 0 Å². The van der Waals surface area contributed by atoms with E-state index in [1.54, 1.807) is 19.2 Å². The number of nitrogens with zero attached hydrogens (tertiary/aromatic N) is 1. The van der Waals surface area contributed by atoms with Crippen molar-refractivity contribution in [2.45, 2.75) is 33.6 Å². The molecule has 0 fully saturated rings. The maximum atomic E-state index is 13.6. The second kappa shape index (κ2) is 9.91. The minimum atomic E-state index is -0.499. The van der Waals surface area contributed by atoms with Crippen molar-refractivity contribution in [1.29, 1.82) is 0 Å². The highest BCUT2D eigenvalue weighted by Gasteiger charge is 2.22. The summed E-state index contributed by atoms with van der Waals surface area (Å²) in [6.45, 7) is 6.04. The van der Waals surface area contributed by atoms with Gasteiger partial charge >= 0.3 is 11.9 Å². The van der Waals surface area contributed by atoms with Crippen LogP contribution in [0, 0.1) is 13.8 Å². The number of ether oxygens (including phenoxy) is 3. The summed E-state index contributed by atoms with van der Waals surface area (Å²) in [5.74, 6) is 0.125. The number of para-hydroxylation sites is 2. The van der Waals surface area contributed by atoms with Crippen LogP contribution in [0.25, 0.3) is 21.8 Å². The van der Waals surface area contributed by atoms with Gasteiger partial charge in [0.25, 0.3) is 0 Å². The summed E-state index contributed by atoms with van der Waals surface area (Å²) < 4.78 is 16.7. The van der Waals surface area contributed by atoms with Crippen molar-refractivity contribution in [2.75, 3.05) is 13.7 Å². The summed E-state index contributed by atoms with van der Waals surface area (Å²) in [7, 11) is 1.57. The predicted molar refractivity (Wildman–Crippen MR) is 132 cm³/mol. The molecule has 0 aliphatic rings. The fourth-order valence-electron chi connectivity index (χ4n) is 4.04. The van der Waals surface area contributed by atoms with E-state index in [0.29, 0.717) is 62.2 Å². The number of rotatable bonds is 7. The molecular formula is C28H27NO5. The van der Waals surface area contributed by atoms with E-state index in [1.807, 2.05) is 63.2 Å². The monoisotopic (exact) mass is 457 g/mol. The van der Waals surface area contributed by atoms with Crippen LogP contribution >= 0.6 is 0 Å². The molecule has 0 aliphatic heterocycles. The number of carbonyl (C=O) groups excluding carboxylic acids is 2. The van der Waals surface area contributed by atoms with Crippen molar-refractivity contribution in [2.24, 2.45) is 0 Å². The molecule has 4 aromatic rings. The summed E-state index contributed by atoms with van der Waals surface area (Å²) >= 11 is 0. The molecule has 0 N–H and O–H groups in total. The Kier molecular flexibility index (Phi) is 6.77. The number of hydrogen-bond acceptors (Lipinski definition) is 6. The Labute approximate surface area is 198 Å². The number of unbranched alkanes of at least 4 members (excludes halogenated alkanes) is 1. The molecule has 0 aliphatic carbocycles. The Morgan fingerprint density at radius 1 is 0.912 bits per heavy atom. The first-order valence-corrected chi connectivity index (χ1v) is 11.3. The number of aromatic nitrogens is 1. The lowest BCUT2D eigenvalue weighted by atomic mass is 10.0. The van der Waals surface area contributed by atoms with E-state index in [2.05, 4.69) is 0 Å². The zero-order valence-corrected chi connectivity index (χ0v) is 19.8. The molecule has 0 amide bonds. The number of hydrogen-bond donors (Lipinski definition) is 0. The van der Waals surface area contributed by atoms with E-state index >= 15 is 0 Å². The fraction of sp³-hybridized carbons (Fsp3) is 0.250. The van der Waals surface area contributed by atoms with Crippen LogP contribution < -0.4 is 9.47 Å². The number of pyridine rings is 1. The van der Waals surface area contributed by atoms with Gasteiger partial charge in [0.15, 0.2) is 0 Å². The van der Waals surface area contributed by atoms with Crippen LogP contribution in [0.1, 0.15) is 51.6 Å². The van der Waals surface area contributed by atoms with Gasteiger partial charge in [-0.15, -0.1) is 0 Å². The van der Waals surface area contributed by atoms with Crippen LogP contribution in [-0.2, 0) is 4.74 Å². The average Bonchev–Trinajstić information content (AvgIpc) is 2.84. The predicted octanol–water partition coefficient (Wildman–Crippen LogP) is 6.19. The van der Waals surface area contributed by atoms with Gasteiger partial charge in [-0.25, -0.2) is 14.6 Å². The Bertz CT molecular complexity index is 1370. The molecule has 3 aromatic carbocycles. The number of esters is 2. The van der Waals surface area contributed by atoms with Gasteiger partial charge in [0.05, 0.1) is 30.4 Å². The van der Waals surface area contributed by atoms with E-state index in [9.17, 15) is 9.59 Å². The van der Waals surface area contributed by atoms with Gasteiger partial charge < -0.3 is 14.2 Å². The molecule has 6 nitrogen and oxygen atoms in total. The summed E-state index contributed by atoms with van der Waals surface area (Å²) in [5.41, 5.74) is 3.48. The average molecular weight is 458 g/mol. The summed E-state index contributed by atoms with van der Waals surface area (Å²) in [6, 6.07) is 16.3. The van der Waals surface area contributed by atoms with Crippen LogP contribution in [0.5, 0.6) is 11.5 Å². The number of methoxy groups -OCH3 is 1. The maximum absolute atomic E-state index is 13.6. The summed E-state index contributed by atoms with van der Waals surface area (Å²) in [4.78, 5) is 30.7. The van der Waals surface area contributed by atoms with Crippen molar-refractivity contribution in [1.82, 2.24) is 4.98 Å². The minimum absolute atomic E-state index is 0.379. The third-order valence-corrected chi connectivity index (χ3v) is 5.72. The summed E-state index contributed by atoms with van der Waals surface area (Å²) in [5, 5.41) is 1.34. The number of fused-ring (bicyclic) bond motifs is 2. The van der Waals surface area contributed by atoms with Crippen molar-refractivity contribution in [3.63, 3.8) is 0 Å². The molecule has 1 aromatic heterocycles. The molecule has 0 radical (unpaired) electrons. The third kappa shape index (κ3) is 4.44. The van der Waals surface area contributed by atoms with Gasteiger partial charge in [-0.05, 0) is 55.7 Å². The lowest BCUT2D eigenvalue weighted by Gasteiger charge is -2.15. The van der Waals surface area contributed by atoms with Crippen molar-refractivity contribution in [3.8, 4) is 11.5 Å². The first-order chi connectivity index (χ1) is 16.4. The quantitative estimate of drug-likeness (QED) is 0.143. The molecular weight excluding hydrogens is 430 g/mol. The zero-order valence-electron chi connectivity index (χ0n) is 19.8. The largest absolute Gasteiger partial charge is 0.494 e. The van der Waals surface area contributed by atoms with Gasteiger partial charge in [0, 0.05) is 10.8 Å². The van der Waals surface area contributed by atoms with E-state index in [0.717, 1.165) is 12.8 Å². The lowest BCUT2D eigenvalue weighted by molar-refractivity contribution is 0.0499. The molecule has 0 saturated carbocycles. The van der Waals surface area contributed by atoms with Gasteiger partial charge in [-0.2, -0.15) is 0 Å². The van der Waals surface area contributed by atoms with E-state index in [-0.39, 0.29) is 5.97 Å². The highest BCUT2D eigenvalue weighted by molar-refractivity contribution is 6.15. The van der Waals surface area contributed by atoms with Crippen molar-refractivity contribution < 1.29 is 23.8 Å². The molecule has 0 bridgehead atoms. The fourth-order valence-corrected chi connectivity index (χ4v) is 4.04. The van der Waals surface area contributed by atoms with E-state index in [4.69, 9.17) is 19.2 Å². The molecule has 0 atom stereocenters. The Balaban J connectivity index is 1.74. The van der Waals surface area contributed by atoms with Gasteiger partial charge in [0.2, 0.25) is 0 Å². The maximum Gasteiger partial charge on any atom is 0.344 e. The minimum Gasteiger partial charge on any atom is -0.494 e. The molecule has 174 valence electrons. The smallest absolute Gasteiger partial charge is 0.344 e. The first kappa shape index (κ1) is 23.2. The topological polar surface area (TPSA) is 74.7 Å². The molecule has 0 unspecified atom stereocenters. The second-order valence-corrected chi connectivity index (χ2v) is 8.18. The third-order valence-electron chi connectivity index (χ3n) is 5.72. The molecule has 6 heteroatoms. The lowest BCUT2D eigenvalue weighted by Crippen LogP contribution is -2.13. The first-order valence-electron chi connectivity index (χ1n) is 11.3. The number of aryl methyl sites for hydroxylation is 2. The number of carbonyl (C=O) groups is 2. The highest BCUT2D eigenvalue weighted by atomic mass is 16.5. The molecule has 0 spiro atoms. The molecule has 1 heterocycles. The van der Waals surface area contributed by atoms with Gasteiger partial charge in [-0.3, -0.25) is 0 Å². The van der Waals surface area contributed by atoms with Crippen LogP contribution in [0.2, 0.25) is 0 Å². The summed E-state index contributed by atoms with van der Waals surface area (Å²) in [6.07, 6.45) is 1.77. The standard InChI is InChI=1S/C28H27NO5/c1-5-6-14-33-27(30)19-15-17(2)26(18(3)16-19)34-28(31)24-20-10-7-8-12-22(20)29-25-21(24)11-9-13-23(25)32-4/h7-13,15-16H,5-6,14H2,1-4H3. The normalized spacial score (nSPS) is 10.9. The van der Waals surface area contributed by atoms with Crippen molar-refractivity contribution in [3.05, 3.63) is 76.9 Å². The van der Waals surface area contributed by atoms with E-state index < -0.39 is 5.97 Å². The molecule has 34 heavy (non-hydrogen) atoms. The SMILES string of the molecule is CCCCOC(=O)c1cc(C)c(OC(=O)c2c3ccccc3nc3c(OC)cccc23)c(C)c1. The molecule has 4 rings (SSSR count). The van der Waals surface area contributed by atoms with Crippen LogP contribution in [-0.4, -0.2) is 30.6 Å². The Morgan fingerprint density at radius 2 is 1.62 bits per heavy atom. The number of benzene rings is 3. The Hall–Kier alpha value is -3.93. The molecule has 0 saturated heterocycles. The van der Waals surface area contributed by atoms with E-state index in [1.165, 1.54) is 0 Å².